The number of allylic oxidation sites excluding steroid dienone is 4. The van der Waals surface area contributed by atoms with E-state index in [1.165, 1.54) is 180 Å². The average molecular weight is 1210 g/mol. The van der Waals surface area contributed by atoms with Crippen LogP contribution in [0.25, 0.3) is 0 Å². The van der Waals surface area contributed by atoms with E-state index in [-0.39, 0.29) is 18.2 Å². The Balaban J connectivity index is 2.41. The number of piperazine rings is 1. The normalized spacial score (nSPS) is 15.2. The van der Waals surface area contributed by atoms with Crippen molar-refractivity contribution >= 4 is 27.6 Å². The van der Waals surface area contributed by atoms with Crippen molar-refractivity contribution in [2.45, 2.75) is 328 Å². The van der Waals surface area contributed by atoms with Crippen molar-refractivity contribution in [1.29, 1.82) is 0 Å². The molecule has 12 heteroatoms. The first-order valence-corrected chi connectivity index (χ1v) is 38.5. The van der Waals surface area contributed by atoms with E-state index in [9.17, 15) is 25.2 Å². The van der Waals surface area contributed by atoms with Crippen LogP contribution in [0.2, 0.25) is 0 Å². The molecule has 0 amide bonds. The number of carbonyl (C=O) groups excluding carboxylic acids is 1. The first-order chi connectivity index (χ1) is 40.7. The van der Waals surface area contributed by atoms with Crippen molar-refractivity contribution in [3.8, 4) is 0 Å². The van der Waals surface area contributed by atoms with E-state index in [0.717, 1.165) is 141 Å². The number of hydrogen-bond acceptors (Lipinski definition) is 12. The van der Waals surface area contributed by atoms with Gasteiger partial charge in [-0.3, -0.25) is 24.4 Å². The molecule has 83 heavy (non-hydrogen) atoms. The van der Waals surface area contributed by atoms with Crippen molar-refractivity contribution < 1.29 is 30.0 Å². The van der Waals surface area contributed by atoms with Crippen LogP contribution in [0.5, 0.6) is 0 Å². The number of nitrogens with zero attached hydrogens (tertiary/aromatic N) is 4. The molecule has 4 atom stereocenters. The van der Waals surface area contributed by atoms with E-state index >= 15 is 0 Å². The Morgan fingerprint density at radius 2 is 0.699 bits per heavy atom. The lowest BCUT2D eigenvalue weighted by molar-refractivity contribution is -0.144. The molecule has 0 radical (unpaired) electrons. The predicted octanol–water partition coefficient (Wildman–Crippen LogP) is 17.5. The SMILES string of the molecule is CCCCCCCC/C=C\CCCCCCC(O)CN(CCCC(=O)OCCN1CCN(CCSSCCCN(CC(O)CCCCCCCC)CC(O)CCCCCCCC)CC1)CC(O)CCCCCC/C=C\CCCCCCCC. The van der Waals surface area contributed by atoms with Gasteiger partial charge in [0.05, 0.1) is 24.4 Å². The summed E-state index contributed by atoms with van der Waals surface area (Å²) in [6, 6.07) is 0. The van der Waals surface area contributed by atoms with Crippen molar-refractivity contribution in [2.75, 3.05) is 96.6 Å². The standard InChI is InChI=1S/C71H140N4O6S2/c1-5-9-13-17-21-23-25-27-29-31-33-35-39-43-49-67(76)63-74(64-68(77)50-44-40-36-34-32-30-28-26-24-22-18-14-10-6-2)52-45-51-71(80)81-60-58-72-54-56-73(57-55-72)59-62-83-82-61-46-53-75(65-69(78)47-41-37-19-15-11-7-3)66-70(79)48-42-38-20-16-12-8-4/h27-30,67-70,76-79H,5-26,31-66H2,1-4H3/b29-27-,30-28-. The highest BCUT2D eigenvalue weighted by Gasteiger charge is 2.20. The molecule has 0 saturated carbocycles. The fourth-order valence-electron chi connectivity index (χ4n) is 11.6. The summed E-state index contributed by atoms with van der Waals surface area (Å²) in [6.45, 7) is 19.4. The molecule has 1 fully saturated rings. The topological polar surface area (TPSA) is 120 Å². The Morgan fingerprint density at radius 1 is 0.398 bits per heavy atom. The van der Waals surface area contributed by atoms with E-state index < -0.39 is 12.2 Å². The molecule has 0 spiro atoms. The molecular formula is C71H140N4O6S2. The van der Waals surface area contributed by atoms with E-state index in [0.29, 0.717) is 52.2 Å². The first-order valence-electron chi connectivity index (χ1n) is 36.0. The van der Waals surface area contributed by atoms with Gasteiger partial charge in [-0.25, -0.2) is 0 Å². The number of aliphatic hydroxyl groups is 4. The molecule has 1 rings (SSSR count). The zero-order chi connectivity index (χ0) is 60.2. The van der Waals surface area contributed by atoms with Gasteiger partial charge < -0.3 is 25.2 Å². The fraction of sp³-hybridized carbons (Fsp3) is 0.930. The molecule has 0 aliphatic carbocycles. The summed E-state index contributed by atoms with van der Waals surface area (Å²) in [7, 11) is 3.93. The van der Waals surface area contributed by atoms with Crippen LogP contribution in [0.15, 0.2) is 24.3 Å². The van der Waals surface area contributed by atoms with Crippen molar-refractivity contribution in [3.63, 3.8) is 0 Å². The highest BCUT2D eigenvalue weighted by atomic mass is 33.1. The number of rotatable bonds is 65. The van der Waals surface area contributed by atoms with Gasteiger partial charge in [0.15, 0.2) is 0 Å². The van der Waals surface area contributed by atoms with Crippen LogP contribution in [-0.2, 0) is 9.53 Å². The minimum absolute atomic E-state index is 0.149. The second kappa shape index (κ2) is 62.9. The lowest BCUT2D eigenvalue weighted by Gasteiger charge is -2.34. The van der Waals surface area contributed by atoms with E-state index in [1.807, 2.05) is 21.6 Å². The number of unbranched alkanes of at least 4 members (excludes halogenated alkanes) is 30. The van der Waals surface area contributed by atoms with Gasteiger partial charge in [-0.05, 0) is 103 Å². The molecule has 4 N–H and O–H groups in total. The minimum Gasteiger partial charge on any atom is -0.464 e. The highest BCUT2D eigenvalue weighted by molar-refractivity contribution is 8.76. The van der Waals surface area contributed by atoms with E-state index in [2.05, 4.69) is 71.6 Å². The Morgan fingerprint density at radius 3 is 1.06 bits per heavy atom. The minimum atomic E-state index is -0.428. The molecule has 1 aliphatic heterocycles. The maximum atomic E-state index is 12.9. The number of esters is 1. The zero-order valence-corrected chi connectivity index (χ0v) is 57.0. The maximum Gasteiger partial charge on any atom is 0.305 e. The largest absolute Gasteiger partial charge is 0.464 e. The third-order valence-electron chi connectivity index (χ3n) is 17.0. The van der Waals surface area contributed by atoms with Crippen LogP contribution < -0.4 is 0 Å². The number of hydrogen-bond donors (Lipinski definition) is 4. The second-order valence-corrected chi connectivity index (χ2v) is 28.0. The summed E-state index contributed by atoms with van der Waals surface area (Å²) in [4.78, 5) is 22.5. The van der Waals surface area contributed by atoms with Crippen LogP contribution in [-0.4, -0.2) is 167 Å². The smallest absolute Gasteiger partial charge is 0.305 e. The summed E-state index contributed by atoms with van der Waals surface area (Å²) in [6.07, 6.45) is 58.4. The number of ether oxygens (including phenoxy) is 1. The predicted molar refractivity (Wildman–Crippen MR) is 365 cm³/mol. The Hall–Kier alpha value is -0.670. The lowest BCUT2D eigenvalue weighted by atomic mass is 10.1. The Labute approximate surface area is 523 Å². The fourth-order valence-corrected chi connectivity index (χ4v) is 13.7. The second-order valence-electron chi connectivity index (χ2n) is 25.3. The molecule has 1 heterocycles. The monoisotopic (exact) mass is 1210 g/mol. The summed E-state index contributed by atoms with van der Waals surface area (Å²) in [5.74, 6) is 2.03. The summed E-state index contributed by atoms with van der Waals surface area (Å²) < 4.78 is 5.75. The molecular weight excluding hydrogens is 1070 g/mol. The molecule has 1 saturated heterocycles. The summed E-state index contributed by atoms with van der Waals surface area (Å²) >= 11 is 0. The van der Waals surface area contributed by atoms with Gasteiger partial charge in [-0.1, -0.05) is 253 Å². The molecule has 492 valence electrons. The zero-order valence-electron chi connectivity index (χ0n) is 55.3. The quantitative estimate of drug-likeness (QED) is 0.0201. The van der Waals surface area contributed by atoms with Gasteiger partial charge in [-0.15, -0.1) is 0 Å². The molecule has 0 aromatic carbocycles. The molecule has 10 nitrogen and oxygen atoms in total. The number of carbonyl (C=O) groups is 1. The molecule has 0 bridgehead atoms. The lowest BCUT2D eigenvalue weighted by Crippen LogP contribution is -2.47. The van der Waals surface area contributed by atoms with Crippen molar-refractivity contribution in [3.05, 3.63) is 24.3 Å². The van der Waals surface area contributed by atoms with Gasteiger partial charge >= 0.3 is 5.97 Å². The van der Waals surface area contributed by atoms with Crippen LogP contribution >= 0.6 is 21.6 Å². The third kappa shape index (κ3) is 56.3. The van der Waals surface area contributed by atoms with Gasteiger partial charge in [-0.2, -0.15) is 0 Å². The van der Waals surface area contributed by atoms with Crippen LogP contribution in [0.1, 0.15) is 304 Å². The maximum absolute atomic E-state index is 12.9. The molecule has 1 aliphatic rings. The molecule has 4 unspecified atom stereocenters. The molecule has 0 aromatic rings. The van der Waals surface area contributed by atoms with Gasteiger partial charge in [0.2, 0.25) is 0 Å². The van der Waals surface area contributed by atoms with Gasteiger partial charge in [0.25, 0.3) is 0 Å². The average Bonchev–Trinajstić information content (AvgIpc) is 3.49. The van der Waals surface area contributed by atoms with Crippen LogP contribution in [0.3, 0.4) is 0 Å². The molecule has 0 aromatic heterocycles. The van der Waals surface area contributed by atoms with Crippen LogP contribution in [0.4, 0.5) is 0 Å². The summed E-state index contributed by atoms with van der Waals surface area (Å²) in [5.41, 5.74) is 0. The summed E-state index contributed by atoms with van der Waals surface area (Å²) in [5, 5.41) is 44.2. The Kier molecular flexibility index (Phi) is 60.9. The van der Waals surface area contributed by atoms with Crippen LogP contribution in [0, 0.1) is 0 Å². The van der Waals surface area contributed by atoms with Gasteiger partial charge in [0, 0.05) is 83.4 Å². The van der Waals surface area contributed by atoms with E-state index in [1.54, 1.807) is 0 Å². The third-order valence-corrected chi connectivity index (χ3v) is 19.5. The Bertz CT molecular complexity index is 1320. The van der Waals surface area contributed by atoms with Crippen molar-refractivity contribution in [1.82, 2.24) is 19.6 Å². The van der Waals surface area contributed by atoms with E-state index in [4.69, 9.17) is 4.74 Å². The number of aliphatic hydroxyl groups excluding tert-OH is 4. The first kappa shape index (κ1) is 80.3. The van der Waals surface area contributed by atoms with Crippen molar-refractivity contribution in [2.24, 2.45) is 0 Å². The highest BCUT2D eigenvalue weighted by Crippen LogP contribution is 2.23. The van der Waals surface area contributed by atoms with Gasteiger partial charge in [0.1, 0.15) is 6.61 Å².